The Morgan fingerprint density at radius 3 is 2.47 bits per heavy atom. The molecule has 0 aliphatic heterocycles. The van der Waals surface area contributed by atoms with Crippen LogP contribution < -0.4 is 0 Å². The Hall–Kier alpha value is -0.370. The summed E-state index contributed by atoms with van der Waals surface area (Å²) in [5.74, 6) is 0.687. The van der Waals surface area contributed by atoms with E-state index in [-0.39, 0.29) is 5.41 Å². The Balaban J connectivity index is 3.88. The maximum atomic E-state index is 10.6. The largest absolute Gasteiger partial charge is 0.381 e. The molecule has 0 spiro atoms. The summed E-state index contributed by atoms with van der Waals surface area (Å²) in [7, 11) is 0. The van der Waals surface area contributed by atoms with E-state index >= 15 is 0 Å². The van der Waals surface area contributed by atoms with Crippen molar-refractivity contribution in [3.05, 3.63) is 0 Å². The van der Waals surface area contributed by atoms with Crippen molar-refractivity contribution in [3.8, 4) is 0 Å². The van der Waals surface area contributed by atoms with Gasteiger partial charge in [0.1, 0.15) is 6.29 Å². The van der Waals surface area contributed by atoms with E-state index in [9.17, 15) is 4.79 Å². The Morgan fingerprint density at radius 2 is 2.00 bits per heavy atom. The molecule has 0 saturated carbocycles. The summed E-state index contributed by atoms with van der Waals surface area (Å²) >= 11 is 0. The normalized spacial score (nSPS) is 16.5. The molecule has 0 N–H and O–H groups in total. The molecule has 2 heteroatoms. The van der Waals surface area contributed by atoms with Crippen molar-refractivity contribution in [3.63, 3.8) is 0 Å². The SMILES string of the molecule is CCCCC(CC)COCC(C)(CC)CC=O. The molecule has 0 radical (unpaired) electrons. The summed E-state index contributed by atoms with van der Waals surface area (Å²) in [5, 5.41) is 0. The summed E-state index contributed by atoms with van der Waals surface area (Å²) in [6, 6.07) is 0. The number of rotatable bonds is 11. The zero-order chi connectivity index (χ0) is 13.1. The van der Waals surface area contributed by atoms with Crippen molar-refractivity contribution in [2.75, 3.05) is 13.2 Å². The van der Waals surface area contributed by atoms with Crippen LogP contribution in [0.2, 0.25) is 0 Å². The zero-order valence-electron chi connectivity index (χ0n) is 12.1. The predicted octanol–water partition coefficient (Wildman–Crippen LogP) is 4.22. The average Bonchev–Trinajstić information content (AvgIpc) is 2.34. The van der Waals surface area contributed by atoms with Crippen molar-refractivity contribution in [2.45, 2.75) is 66.2 Å². The number of aldehydes is 1. The number of hydrogen-bond donors (Lipinski definition) is 0. The molecule has 0 aliphatic carbocycles. The molecule has 2 nitrogen and oxygen atoms in total. The van der Waals surface area contributed by atoms with E-state index in [4.69, 9.17) is 4.74 Å². The highest BCUT2D eigenvalue weighted by Crippen LogP contribution is 2.25. The molecule has 0 aromatic heterocycles. The smallest absolute Gasteiger partial charge is 0.120 e. The van der Waals surface area contributed by atoms with Crippen LogP contribution >= 0.6 is 0 Å². The third-order valence-electron chi connectivity index (χ3n) is 3.78. The van der Waals surface area contributed by atoms with Gasteiger partial charge in [0.05, 0.1) is 6.61 Å². The number of carbonyl (C=O) groups excluding carboxylic acids is 1. The monoisotopic (exact) mass is 242 g/mol. The van der Waals surface area contributed by atoms with Gasteiger partial charge >= 0.3 is 0 Å². The van der Waals surface area contributed by atoms with Gasteiger partial charge in [-0.1, -0.05) is 47.0 Å². The first-order valence-corrected chi connectivity index (χ1v) is 7.13. The van der Waals surface area contributed by atoms with Gasteiger partial charge in [-0.15, -0.1) is 0 Å². The Morgan fingerprint density at radius 1 is 1.29 bits per heavy atom. The van der Waals surface area contributed by atoms with Gasteiger partial charge in [-0.25, -0.2) is 0 Å². The number of carbonyl (C=O) groups is 1. The van der Waals surface area contributed by atoms with Crippen LogP contribution in [-0.2, 0) is 9.53 Å². The van der Waals surface area contributed by atoms with Crippen LogP contribution in [0.1, 0.15) is 66.2 Å². The van der Waals surface area contributed by atoms with Gasteiger partial charge in [-0.3, -0.25) is 0 Å². The maximum absolute atomic E-state index is 10.6. The molecule has 102 valence electrons. The molecule has 0 fully saturated rings. The van der Waals surface area contributed by atoms with Crippen LogP contribution in [0.3, 0.4) is 0 Å². The minimum atomic E-state index is 0.0325. The van der Waals surface area contributed by atoms with E-state index < -0.39 is 0 Å². The van der Waals surface area contributed by atoms with Crippen molar-refractivity contribution < 1.29 is 9.53 Å². The molecular formula is C15H30O2. The van der Waals surface area contributed by atoms with Gasteiger partial charge in [0.25, 0.3) is 0 Å². The molecule has 0 heterocycles. The van der Waals surface area contributed by atoms with E-state index in [1.807, 2.05) is 0 Å². The van der Waals surface area contributed by atoms with Crippen LogP contribution in [0.25, 0.3) is 0 Å². The molecule has 0 aliphatic rings. The lowest BCUT2D eigenvalue weighted by Gasteiger charge is -2.26. The molecule has 0 amide bonds. The highest BCUT2D eigenvalue weighted by atomic mass is 16.5. The van der Waals surface area contributed by atoms with Crippen LogP contribution in [-0.4, -0.2) is 19.5 Å². The number of ether oxygens (including phenoxy) is 1. The molecule has 0 saturated heterocycles. The third kappa shape index (κ3) is 7.54. The van der Waals surface area contributed by atoms with Gasteiger partial charge in [0, 0.05) is 13.0 Å². The lowest BCUT2D eigenvalue weighted by atomic mass is 9.85. The van der Waals surface area contributed by atoms with Crippen molar-refractivity contribution in [1.29, 1.82) is 0 Å². The molecular weight excluding hydrogens is 212 g/mol. The lowest BCUT2D eigenvalue weighted by molar-refractivity contribution is -0.110. The van der Waals surface area contributed by atoms with E-state index in [1.54, 1.807) is 0 Å². The average molecular weight is 242 g/mol. The minimum absolute atomic E-state index is 0.0325. The molecule has 17 heavy (non-hydrogen) atoms. The lowest BCUT2D eigenvalue weighted by Crippen LogP contribution is -2.24. The summed E-state index contributed by atoms with van der Waals surface area (Å²) in [6.45, 7) is 10.3. The summed E-state index contributed by atoms with van der Waals surface area (Å²) in [5.41, 5.74) is 0.0325. The third-order valence-corrected chi connectivity index (χ3v) is 3.78. The highest BCUT2D eigenvalue weighted by molar-refractivity contribution is 5.50. The fourth-order valence-corrected chi connectivity index (χ4v) is 1.88. The number of hydrogen-bond acceptors (Lipinski definition) is 2. The van der Waals surface area contributed by atoms with Gasteiger partial charge in [-0.2, -0.15) is 0 Å². The summed E-state index contributed by atoms with van der Waals surface area (Å²) < 4.78 is 5.83. The van der Waals surface area contributed by atoms with Gasteiger partial charge in [-0.05, 0) is 24.2 Å². The number of unbranched alkanes of at least 4 members (excludes halogenated alkanes) is 1. The first kappa shape index (κ1) is 16.6. The summed E-state index contributed by atoms with van der Waals surface area (Å²) in [6.07, 6.45) is 7.63. The molecule has 0 aromatic rings. The van der Waals surface area contributed by atoms with E-state index in [0.29, 0.717) is 18.9 Å². The van der Waals surface area contributed by atoms with Crippen LogP contribution in [0.5, 0.6) is 0 Å². The van der Waals surface area contributed by atoms with Gasteiger partial charge < -0.3 is 9.53 Å². The Bertz CT molecular complexity index is 191. The second kappa shape index (κ2) is 9.64. The van der Waals surface area contributed by atoms with Gasteiger partial charge in [0.15, 0.2) is 0 Å². The highest BCUT2D eigenvalue weighted by Gasteiger charge is 2.22. The first-order valence-electron chi connectivity index (χ1n) is 7.13. The van der Waals surface area contributed by atoms with Crippen molar-refractivity contribution in [2.24, 2.45) is 11.3 Å². The first-order chi connectivity index (χ1) is 8.11. The molecule has 0 aromatic carbocycles. The Kier molecular flexibility index (Phi) is 9.43. The maximum Gasteiger partial charge on any atom is 0.120 e. The second-order valence-corrected chi connectivity index (χ2v) is 5.47. The zero-order valence-corrected chi connectivity index (χ0v) is 12.1. The van der Waals surface area contributed by atoms with Crippen LogP contribution in [0.4, 0.5) is 0 Å². The summed E-state index contributed by atoms with van der Waals surface area (Å²) in [4.78, 5) is 10.6. The van der Waals surface area contributed by atoms with E-state index in [1.165, 1.54) is 25.7 Å². The van der Waals surface area contributed by atoms with Crippen LogP contribution in [0, 0.1) is 11.3 Å². The molecule has 0 rings (SSSR count). The van der Waals surface area contributed by atoms with E-state index in [0.717, 1.165) is 19.3 Å². The molecule has 2 unspecified atom stereocenters. The Labute approximate surface area is 107 Å². The van der Waals surface area contributed by atoms with E-state index in [2.05, 4.69) is 27.7 Å². The van der Waals surface area contributed by atoms with Crippen molar-refractivity contribution >= 4 is 6.29 Å². The topological polar surface area (TPSA) is 26.3 Å². The molecule has 0 bridgehead atoms. The quantitative estimate of drug-likeness (QED) is 0.507. The van der Waals surface area contributed by atoms with Gasteiger partial charge in [0.2, 0.25) is 0 Å². The fraction of sp³-hybridized carbons (Fsp3) is 0.933. The molecule has 2 atom stereocenters. The van der Waals surface area contributed by atoms with Crippen molar-refractivity contribution in [1.82, 2.24) is 0 Å². The predicted molar refractivity (Wildman–Crippen MR) is 73.2 cm³/mol. The fourth-order valence-electron chi connectivity index (χ4n) is 1.88. The van der Waals surface area contributed by atoms with Crippen LogP contribution in [0.15, 0.2) is 0 Å². The standard InChI is InChI=1S/C15H30O2/c1-5-8-9-14(6-2)12-17-13-15(4,7-3)10-11-16/h11,14H,5-10,12-13H2,1-4H3. The second-order valence-electron chi connectivity index (χ2n) is 5.47. The minimum Gasteiger partial charge on any atom is -0.381 e.